The van der Waals surface area contributed by atoms with Gasteiger partial charge in [-0.25, -0.2) is 5.43 Å². The van der Waals surface area contributed by atoms with Crippen LogP contribution in [-0.4, -0.2) is 35.4 Å². The number of ether oxygens (including phenoxy) is 1. The zero-order chi connectivity index (χ0) is 18.4. The number of hydrogen-bond donors (Lipinski definition) is 2. The Morgan fingerprint density at radius 3 is 2.68 bits per heavy atom. The molecule has 6 nitrogen and oxygen atoms in total. The second-order valence-electron chi connectivity index (χ2n) is 5.11. The quantitative estimate of drug-likeness (QED) is 0.475. The Balaban J connectivity index is 2.06. The fourth-order valence-corrected chi connectivity index (χ4v) is 2.17. The van der Waals surface area contributed by atoms with Crippen molar-refractivity contribution in [2.75, 3.05) is 6.61 Å². The fraction of sp³-hybridized carbons (Fsp3) is 0.312. The van der Waals surface area contributed by atoms with Crippen LogP contribution >= 0.6 is 0 Å². The van der Waals surface area contributed by atoms with Gasteiger partial charge in [0.25, 0.3) is 0 Å². The van der Waals surface area contributed by atoms with E-state index in [2.05, 4.69) is 14.8 Å². The fourth-order valence-electron chi connectivity index (χ4n) is 2.17. The number of benzene rings is 1. The van der Waals surface area contributed by atoms with Gasteiger partial charge in [0.05, 0.1) is 19.4 Å². The third kappa shape index (κ3) is 5.07. The molecule has 0 spiro atoms. The molecule has 0 atom stereocenters. The lowest BCUT2D eigenvalue weighted by atomic mass is 10.1. The lowest BCUT2D eigenvalue weighted by Gasteiger charge is -2.10. The highest BCUT2D eigenvalue weighted by Crippen LogP contribution is 2.20. The van der Waals surface area contributed by atoms with E-state index in [4.69, 9.17) is 0 Å². The molecule has 1 aromatic carbocycles. The Hall–Kier alpha value is -2.84. The summed E-state index contributed by atoms with van der Waals surface area (Å²) in [6.07, 6.45) is -4.46. The largest absolute Gasteiger partial charge is 0.466 e. The third-order valence-electron chi connectivity index (χ3n) is 3.29. The Bertz CT molecular complexity index is 797. The molecule has 2 aromatic rings. The number of carbonyl (C=O) groups excluding carboxylic acids is 2. The van der Waals surface area contributed by atoms with E-state index < -0.39 is 30.2 Å². The van der Waals surface area contributed by atoms with E-state index in [1.165, 1.54) is 6.92 Å². The van der Waals surface area contributed by atoms with Crippen LogP contribution in [0.2, 0.25) is 0 Å². The van der Waals surface area contributed by atoms with Gasteiger partial charge in [0, 0.05) is 17.1 Å². The first-order chi connectivity index (χ1) is 11.8. The molecule has 0 aliphatic carbocycles. The minimum atomic E-state index is -4.85. The first kappa shape index (κ1) is 18.5. The number of rotatable bonds is 6. The number of para-hydroxylation sites is 1. The number of carbonyl (C=O) groups is 2. The molecule has 2 rings (SSSR count). The summed E-state index contributed by atoms with van der Waals surface area (Å²) in [4.78, 5) is 26.1. The van der Waals surface area contributed by atoms with Gasteiger partial charge in [-0.1, -0.05) is 18.2 Å². The van der Waals surface area contributed by atoms with E-state index in [0.29, 0.717) is 5.56 Å². The second kappa shape index (κ2) is 7.82. The number of nitrogens with one attached hydrogen (secondary N) is 2. The van der Waals surface area contributed by atoms with Crippen molar-refractivity contribution in [1.29, 1.82) is 0 Å². The molecule has 1 aromatic heterocycles. The number of aromatic nitrogens is 1. The van der Waals surface area contributed by atoms with Gasteiger partial charge in [-0.15, -0.1) is 0 Å². The molecule has 0 bridgehead atoms. The van der Waals surface area contributed by atoms with Gasteiger partial charge in [0.2, 0.25) is 5.91 Å². The Morgan fingerprint density at radius 2 is 2.00 bits per heavy atom. The number of H-pyrrole nitrogens is 1. The maximum Gasteiger partial charge on any atom is 0.431 e. The van der Waals surface area contributed by atoms with Crippen molar-refractivity contribution in [1.82, 2.24) is 10.4 Å². The van der Waals surface area contributed by atoms with Gasteiger partial charge in [-0.2, -0.15) is 18.3 Å². The monoisotopic (exact) mass is 355 g/mol. The van der Waals surface area contributed by atoms with Crippen LogP contribution in [0.15, 0.2) is 35.6 Å². The van der Waals surface area contributed by atoms with Crippen LogP contribution in [0.25, 0.3) is 10.9 Å². The summed E-state index contributed by atoms with van der Waals surface area (Å²) in [7, 11) is 0. The molecule has 0 unspecified atom stereocenters. The van der Waals surface area contributed by atoms with E-state index in [9.17, 15) is 22.8 Å². The van der Waals surface area contributed by atoms with E-state index in [1.807, 2.05) is 17.6 Å². The van der Waals surface area contributed by atoms with Crippen LogP contribution in [0, 0.1) is 0 Å². The van der Waals surface area contributed by atoms with Crippen molar-refractivity contribution in [3.63, 3.8) is 0 Å². The van der Waals surface area contributed by atoms with Crippen molar-refractivity contribution >= 4 is 28.5 Å². The van der Waals surface area contributed by atoms with Gasteiger partial charge < -0.3 is 9.72 Å². The maximum atomic E-state index is 12.9. The summed E-state index contributed by atoms with van der Waals surface area (Å²) >= 11 is 0. The van der Waals surface area contributed by atoms with Crippen LogP contribution in [0.5, 0.6) is 0 Å². The molecule has 0 aliphatic rings. The molecule has 9 heteroatoms. The highest BCUT2D eigenvalue weighted by Gasteiger charge is 2.37. The van der Waals surface area contributed by atoms with Gasteiger partial charge in [0.15, 0.2) is 5.71 Å². The van der Waals surface area contributed by atoms with Crippen LogP contribution < -0.4 is 5.43 Å². The lowest BCUT2D eigenvalue weighted by Crippen LogP contribution is -2.31. The van der Waals surface area contributed by atoms with Crippen LogP contribution in [-0.2, 0) is 20.7 Å². The Morgan fingerprint density at radius 1 is 1.28 bits per heavy atom. The van der Waals surface area contributed by atoms with E-state index in [0.717, 1.165) is 10.9 Å². The average Bonchev–Trinajstić information content (AvgIpc) is 2.94. The summed E-state index contributed by atoms with van der Waals surface area (Å²) in [6, 6.07) is 7.21. The summed E-state index contributed by atoms with van der Waals surface area (Å²) in [6.45, 7) is 1.43. The van der Waals surface area contributed by atoms with Crippen molar-refractivity contribution in [3.8, 4) is 0 Å². The van der Waals surface area contributed by atoms with E-state index in [1.54, 1.807) is 18.3 Å². The molecular formula is C16H16F3N3O3. The molecule has 0 aliphatic heterocycles. The van der Waals surface area contributed by atoms with E-state index in [-0.39, 0.29) is 13.0 Å². The topological polar surface area (TPSA) is 83.5 Å². The average molecular weight is 355 g/mol. The number of hydrogen-bond acceptors (Lipinski definition) is 4. The smallest absolute Gasteiger partial charge is 0.431 e. The molecule has 0 saturated carbocycles. The molecule has 134 valence electrons. The predicted octanol–water partition coefficient (Wildman–Crippen LogP) is 2.70. The minimum Gasteiger partial charge on any atom is -0.466 e. The number of fused-ring (bicyclic) bond motifs is 1. The van der Waals surface area contributed by atoms with Crippen LogP contribution in [0.4, 0.5) is 13.2 Å². The first-order valence-electron chi connectivity index (χ1n) is 7.44. The molecule has 25 heavy (non-hydrogen) atoms. The number of esters is 1. The van der Waals surface area contributed by atoms with E-state index >= 15 is 0 Å². The molecular weight excluding hydrogens is 339 g/mol. The molecule has 1 heterocycles. The van der Waals surface area contributed by atoms with Crippen molar-refractivity contribution in [3.05, 3.63) is 36.0 Å². The summed E-state index contributed by atoms with van der Waals surface area (Å²) in [5.41, 5.74) is 1.87. The first-order valence-corrected chi connectivity index (χ1v) is 7.44. The minimum absolute atomic E-state index is 0.0447. The summed E-state index contributed by atoms with van der Waals surface area (Å²) < 4.78 is 43.1. The third-order valence-corrected chi connectivity index (χ3v) is 3.29. The zero-order valence-corrected chi connectivity index (χ0v) is 13.3. The Labute approximate surface area is 141 Å². The number of nitrogens with zero attached hydrogens (tertiary/aromatic N) is 1. The number of hydrazone groups is 1. The summed E-state index contributed by atoms with van der Waals surface area (Å²) in [5, 5.41) is 3.85. The van der Waals surface area contributed by atoms with Gasteiger partial charge in [-0.05, 0) is 18.6 Å². The number of halogens is 3. The van der Waals surface area contributed by atoms with Crippen LogP contribution in [0.1, 0.15) is 18.9 Å². The maximum absolute atomic E-state index is 12.9. The van der Waals surface area contributed by atoms with Crippen molar-refractivity contribution in [2.45, 2.75) is 25.9 Å². The van der Waals surface area contributed by atoms with Crippen LogP contribution in [0.3, 0.4) is 0 Å². The molecule has 0 radical (unpaired) electrons. The highest BCUT2D eigenvalue weighted by molar-refractivity contribution is 6.02. The van der Waals surface area contributed by atoms with Crippen molar-refractivity contribution in [2.24, 2.45) is 5.10 Å². The molecule has 0 saturated heterocycles. The standard InChI is InChI=1S/C16H16F3N3O3/c1-2-25-15(24)8-13(16(17,18)19)21-22-14(23)7-10-9-20-12-6-4-3-5-11(10)12/h3-6,9,20H,2,7-8H2,1H3,(H,22,23)/b21-13+. The predicted molar refractivity (Wildman–Crippen MR) is 84.9 cm³/mol. The van der Waals surface area contributed by atoms with Gasteiger partial charge in [-0.3, -0.25) is 9.59 Å². The van der Waals surface area contributed by atoms with Gasteiger partial charge >= 0.3 is 12.1 Å². The number of amides is 1. The number of aromatic amines is 1. The zero-order valence-electron chi connectivity index (χ0n) is 13.3. The molecule has 0 fully saturated rings. The lowest BCUT2D eigenvalue weighted by molar-refractivity contribution is -0.142. The molecule has 1 amide bonds. The van der Waals surface area contributed by atoms with Gasteiger partial charge in [0.1, 0.15) is 0 Å². The normalized spacial score (nSPS) is 12.2. The molecule has 2 N–H and O–H groups in total. The second-order valence-corrected chi connectivity index (χ2v) is 5.11. The SMILES string of the molecule is CCOC(=O)C/C(=N\NC(=O)Cc1c[nH]c2ccccc12)C(F)(F)F. The number of alkyl halides is 3. The highest BCUT2D eigenvalue weighted by atomic mass is 19.4. The summed E-state index contributed by atoms with van der Waals surface area (Å²) in [5.74, 6) is -1.79. The Kier molecular flexibility index (Phi) is 5.79. The van der Waals surface area contributed by atoms with Crippen molar-refractivity contribution < 1.29 is 27.5 Å².